The van der Waals surface area contributed by atoms with Gasteiger partial charge in [0.05, 0.1) is 0 Å². The predicted molar refractivity (Wildman–Crippen MR) is 83.3 cm³/mol. The smallest absolute Gasteiger partial charge is 0.407 e. The number of carbonyl (C=O) groups is 1. The van der Waals surface area contributed by atoms with Crippen LogP contribution in [0.4, 0.5) is 10.6 Å². The maximum absolute atomic E-state index is 11.5. The molecule has 0 spiro atoms. The second-order valence-electron chi connectivity index (χ2n) is 6.35. The van der Waals surface area contributed by atoms with E-state index in [2.05, 4.69) is 34.4 Å². The van der Waals surface area contributed by atoms with Crippen molar-refractivity contribution in [1.29, 1.82) is 0 Å². The molecule has 6 heteroatoms. The van der Waals surface area contributed by atoms with E-state index in [1.54, 1.807) is 6.33 Å². The van der Waals surface area contributed by atoms with Gasteiger partial charge in [0, 0.05) is 24.8 Å². The van der Waals surface area contributed by atoms with E-state index in [4.69, 9.17) is 4.74 Å². The SMILES string of the molecule is CC(C)Cc1cc(NCCNC(=O)OC(C)(C)C)ncn1. The van der Waals surface area contributed by atoms with Gasteiger partial charge < -0.3 is 15.4 Å². The Balaban J connectivity index is 2.31. The van der Waals surface area contributed by atoms with Gasteiger partial charge in [-0.3, -0.25) is 0 Å². The van der Waals surface area contributed by atoms with Crippen molar-refractivity contribution in [3.05, 3.63) is 18.1 Å². The molecule has 1 rings (SSSR count). The Kier molecular flexibility index (Phi) is 6.39. The van der Waals surface area contributed by atoms with Gasteiger partial charge in [-0.1, -0.05) is 13.8 Å². The average molecular weight is 294 g/mol. The van der Waals surface area contributed by atoms with Gasteiger partial charge in [0.15, 0.2) is 0 Å². The fourth-order valence-electron chi connectivity index (χ4n) is 1.69. The highest BCUT2D eigenvalue weighted by Gasteiger charge is 2.15. The molecule has 0 saturated heterocycles. The molecule has 1 aromatic rings. The van der Waals surface area contributed by atoms with Crippen molar-refractivity contribution in [1.82, 2.24) is 15.3 Å². The third kappa shape index (κ3) is 8.12. The van der Waals surface area contributed by atoms with Crippen LogP contribution in [-0.2, 0) is 11.2 Å². The Bertz CT molecular complexity index is 455. The van der Waals surface area contributed by atoms with E-state index in [1.165, 1.54) is 0 Å². The molecular formula is C15H26N4O2. The predicted octanol–water partition coefficient (Wildman–Crippen LogP) is 2.61. The van der Waals surface area contributed by atoms with Crippen LogP contribution in [0.15, 0.2) is 12.4 Å². The first-order valence-corrected chi connectivity index (χ1v) is 7.28. The number of anilines is 1. The molecule has 1 amide bonds. The number of rotatable bonds is 6. The summed E-state index contributed by atoms with van der Waals surface area (Å²) in [6, 6.07) is 1.94. The lowest BCUT2D eigenvalue weighted by Gasteiger charge is -2.19. The molecule has 0 radical (unpaired) electrons. The zero-order valence-corrected chi connectivity index (χ0v) is 13.6. The average Bonchev–Trinajstić information content (AvgIpc) is 2.32. The number of carbonyl (C=O) groups excluding carboxylic acids is 1. The first-order chi connectivity index (χ1) is 9.76. The van der Waals surface area contributed by atoms with E-state index in [1.807, 2.05) is 26.8 Å². The Hall–Kier alpha value is -1.85. The van der Waals surface area contributed by atoms with Crippen LogP contribution in [0.3, 0.4) is 0 Å². The fourth-order valence-corrected chi connectivity index (χ4v) is 1.69. The summed E-state index contributed by atoms with van der Waals surface area (Å²) >= 11 is 0. The van der Waals surface area contributed by atoms with Crippen LogP contribution in [0, 0.1) is 5.92 Å². The minimum atomic E-state index is -0.476. The Labute approximate surface area is 126 Å². The fraction of sp³-hybridized carbons (Fsp3) is 0.667. The quantitative estimate of drug-likeness (QED) is 0.789. The second-order valence-corrected chi connectivity index (χ2v) is 6.35. The van der Waals surface area contributed by atoms with Gasteiger partial charge in [-0.15, -0.1) is 0 Å². The van der Waals surface area contributed by atoms with Gasteiger partial charge >= 0.3 is 6.09 Å². The molecule has 0 saturated carbocycles. The largest absolute Gasteiger partial charge is 0.444 e. The standard InChI is InChI=1S/C15H26N4O2/c1-11(2)8-12-9-13(19-10-18-12)16-6-7-17-14(20)21-15(3,4)5/h9-11H,6-8H2,1-5H3,(H,17,20)(H,16,18,19). The zero-order valence-electron chi connectivity index (χ0n) is 13.6. The number of hydrogen-bond donors (Lipinski definition) is 2. The molecule has 0 unspecified atom stereocenters. The van der Waals surface area contributed by atoms with Crippen LogP contribution in [0.25, 0.3) is 0 Å². The van der Waals surface area contributed by atoms with Crippen molar-refractivity contribution < 1.29 is 9.53 Å². The molecule has 0 aliphatic carbocycles. The third-order valence-corrected chi connectivity index (χ3v) is 2.44. The van der Waals surface area contributed by atoms with Gasteiger partial charge in [0.25, 0.3) is 0 Å². The molecule has 0 aliphatic rings. The third-order valence-electron chi connectivity index (χ3n) is 2.44. The van der Waals surface area contributed by atoms with Crippen LogP contribution in [0.1, 0.15) is 40.3 Å². The summed E-state index contributed by atoms with van der Waals surface area (Å²) in [5.74, 6) is 1.33. The van der Waals surface area contributed by atoms with Crippen molar-refractivity contribution >= 4 is 11.9 Å². The monoisotopic (exact) mass is 294 g/mol. The van der Waals surface area contributed by atoms with Crippen LogP contribution in [0.2, 0.25) is 0 Å². The lowest BCUT2D eigenvalue weighted by molar-refractivity contribution is 0.0530. The summed E-state index contributed by atoms with van der Waals surface area (Å²) in [6.07, 6.45) is 2.07. The van der Waals surface area contributed by atoms with Gasteiger partial charge in [0.2, 0.25) is 0 Å². The molecule has 0 aliphatic heterocycles. The summed E-state index contributed by atoms with van der Waals surface area (Å²) in [6.45, 7) is 10.9. The molecule has 1 heterocycles. The first kappa shape index (κ1) is 17.2. The maximum atomic E-state index is 11.5. The van der Waals surface area contributed by atoms with Crippen molar-refractivity contribution in [3.8, 4) is 0 Å². The first-order valence-electron chi connectivity index (χ1n) is 7.28. The molecule has 0 aromatic carbocycles. The van der Waals surface area contributed by atoms with Crippen molar-refractivity contribution in [2.75, 3.05) is 18.4 Å². The highest BCUT2D eigenvalue weighted by atomic mass is 16.6. The van der Waals surface area contributed by atoms with Crippen molar-refractivity contribution in [2.45, 2.75) is 46.6 Å². The summed E-state index contributed by atoms with van der Waals surface area (Å²) in [5.41, 5.74) is 0.540. The van der Waals surface area contributed by atoms with E-state index in [0.717, 1.165) is 17.9 Å². The van der Waals surface area contributed by atoms with Crippen molar-refractivity contribution in [3.63, 3.8) is 0 Å². The van der Waals surface area contributed by atoms with Crippen LogP contribution in [-0.4, -0.2) is 34.8 Å². The molecule has 6 nitrogen and oxygen atoms in total. The number of nitrogens with one attached hydrogen (secondary N) is 2. The molecule has 1 aromatic heterocycles. The van der Waals surface area contributed by atoms with Crippen molar-refractivity contribution in [2.24, 2.45) is 5.92 Å². The van der Waals surface area contributed by atoms with Crippen LogP contribution < -0.4 is 10.6 Å². The Morgan fingerprint density at radius 2 is 2.00 bits per heavy atom. The molecular weight excluding hydrogens is 268 g/mol. The minimum absolute atomic E-state index is 0.410. The van der Waals surface area contributed by atoms with Gasteiger partial charge in [-0.2, -0.15) is 0 Å². The molecule has 21 heavy (non-hydrogen) atoms. The van der Waals surface area contributed by atoms with E-state index in [9.17, 15) is 4.79 Å². The summed E-state index contributed by atoms with van der Waals surface area (Å²) < 4.78 is 5.15. The zero-order chi connectivity index (χ0) is 15.9. The number of hydrogen-bond acceptors (Lipinski definition) is 5. The number of nitrogens with zero attached hydrogens (tertiary/aromatic N) is 2. The summed E-state index contributed by atoms with van der Waals surface area (Å²) in [7, 11) is 0. The van der Waals surface area contributed by atoms with E-state index < -0.39 is 11.7 Å². The molecule has 0 atom stereocenters. The van der Waals surface area contributed by atoms with Gasteiger partial charge in [-0.25, -0.2) is 14.8 Å². The second kappa shape index (κ2) is 7.81. The van der Waals surface area contributed by atoms with E-state index in [-0.39, 0.29) is 0 Å². The summed E-state index contributed by atoms with van der Waals surface area (Å²) in [5, 5.41) is 5.84. The topological polar surface area (TPSA) is 76.1 Å². The number of alkyl carbamates (subject to hydrolysis) is 1. The van der Waals surface area contributed by atoms with E-state index in [0.29, 0.717) is 19.0 Å². The summed E-state index contributed by atoms with van der Waals surface area (Å²) in [4.78, 5) is 19.9. The molecule has 2 N–H and O–H groups in total. The Morgan fingerprint density at radius 1 is 1.29 bits per heavy atom. The van der Waals surface area contributed by atoms with Crippen LogP contribution >= 0.6 is 0 Å². The van der Waals surface area contributed by atoms with Gasteiger partial charge in [-0.05, 0) is 33.1 Å². The van der Waals surface area contributed by atoms with Gasteiger partial charge in [0.1, 0.15) is 17.7 Å². The number of amides is 1. The Morgan fingerprint density at radius 3 is 2.62 bits per heavy atom. The van der Waals surface area contributed by atoms with Crippen LogP contribution in [0.5, 0.6) is 0 Å². The normalized spacial score (nSPS) is 11.3. The molecule has 118 valence electrons. The minimum Gasteiger partial charge on any atom is -0.444 e. The highest BCUT2D eigenvalue weighted by molar-refractivity contribution is 5.67. The molecule has 0 fully saturated rings. The highest BCUT2D eigenvalue weighted by Crippen LogP contribution is 2.09. The lowest BCUT2D eigenvalue weighted by Crippen LogP contribution is -2.35. The maximum Gasteiger partial charge on any atom is 0.407 e. The lowest BCUT2D eigenvalue weighted by atomic mass is 10.1. The molecule has 0 bridgehead atoms. The van der Waals surface area contributed by atoms with E-state index >= 15 is 0 Å². The number of aromatic nitrogens is 2. The number of ether oxygens (including phenoxy) is 1.